The predicted molar refractivity (Wildman–Crippen MR) is 65.7 cm³/mol. The topological polar surface area (TPSA) is 72.1 Å². The summed E-state index contributed by atoms with van der Waals surface area (Å²) >= 11 is 5.79. The van der Waals surface area contributed by atoms with Gasteiger partial charge in [0.2, 0.25) is 11.2 Å². The number of nitrogen functional groups attached to an aromatic ring is 1. The number of amides is 1. The Balaban J connectivity index is 2.18. The molecule has 0 aromatic carbocycles. The molecule has 1 fully saturated rings. The van der Waals surface area contributed by atoms with Crippen LogP contribution in [-0.4, -0.2) is 33.9 Å². The number of hydrogen-bond acceptors (Lipinski definition) is 4. The van der Waals surface area contributed by atoms with Gasteiger partial charge in [0.1, 0.15) is 5.82 Å². The number of rotatable bonds is 1. The number of carbonyl (C=O) groups is 1. The van der Waals surface area contributed by atoms with E-state index in [4.69, 9.17) is 17.3 Å². The molecule has 1 aliphatic rings. The van der Waals surface area contributed by atoms with E-state index < -0.39 is 0 Å². The Bertz CT molecular complexity index is 417. The number of likely N-dealkylation sites (tertiary alicyclic amines) is 1. The fourth-order valence-electron chi connectivity index (χ4n) is 2.17. The van der Waals surface area contributed by atoms with Gasteiger partial charge in [0.05, 0.1) is 5.69 Å². The van der Waals surface area contributed by atoms with Gasteiger partial charge in [-0.3, -0.25) is 4.79 Å². The van der Waals surface area contributed by atoms with Gasteiger partial charge in [-0.15, -0.1) is 0 Å². The van der Waals surface area contributed by atoms with Crippen LogP contribution in [0, 0.1) is 0 Å². The van der Waals surface area contributed by atoms with Gasteiger partial charge < -0.3 is 10.6 Å². The highest BCUT2D eigenvalue weighted by Gasteiger charge is 2.24. The van der Waals surface area contributed by atoms with Crippen molar-refractivity contribution in [3.8, 4) is 0 Å². The second-order valence-electron chi connectivity index (χ2n) is 4.29. The molecule has 0 bridgehead atoms. The number of carbonyl (C=O) groups excluding carboxylic acids is 1. The zero-order chi connectivity index (χ0) is 12.4. The van der Waals surface area contributed by atoms with E-state index in [9.17, 15) is 4.79 Å². The van der Waals surface area contributed by atoms with Crippen LogP contribution in [0.1, 0.15) is 31.4 Å². The Morgan fingerprint density at radius 3 is 3.00 bits per heavy atom. The molecular weight excluding hydrogens is 240 g/mol. The summed E-state index contributed by atoms with van der Waals surface area (Å²) in [5, 5.41) is 0.167. The van der Waals surface area contributed by atoms with E-state index in [1.807, 2.05) is 4.90 Å². The van der Waals surface area contributed by atoms with Crippen LogP contribution in [0.3, 0.4) is 0 Å². The minimum Gasteiger partial charge on any atom is -0.384 e. The molecule has 1 aliphatic heterocycles. The highest BCUT2D eigenvalue weighted by Crippen LogP contribution is 2.27. The van der Waals surface area contributed by atoms with Crippen LogP contribution in [0.15, 0.2) is 6.07 Å². The lowest BCUT2D eigenvalue weighted by Gasteiger charge is -2.31. The molecule has 1 atom stereocenters. The van der Waals surface area contributed by atoms with Crippen LogP contribution in [0.2, 0.25) is 5.28 Å². The Morgan fingerprint density at radius 1 is 1.59 bits per heavy atom. The average Bonchev–Trinajstić information content (AvgIpc) is 2.28. The van der Waals surface area contributed by atoms with Crippen molar-refractivity contribution >= 4 is 23.3 Å². The Kier molecular flexibility index (Phi) is 3.47. The van der Waals surface area contributed by atoms with Crippen molar-refractivity contribution in [2.45, 2.75) is 25.7 Å². The van der Waals surface area contributed by atoms with Crippen LogP contribution in [0.5, 0.6) is 0 Å². The standard InChI is InChI=1S/C11H15ClN4O/c1-7(17)16-4-2-3-8(6-16)9-5-10(13)15-11(12)14-9/h5,8H,2-4,6H2,1H3,(H2,13,14,15). The Labute approximate surface area is 105 Å². The second kappa shape index (κ2) is 4.87. The smallest absolute Gasteiger partial charge is 0.224 e. The van der Waals surface area contributed by atoms with E-state index in [2.05, 4.69) is 9.97 Å². The van der Waals surface area contributed by atoms with Crippen LogP contribution in [-0.2, 0) is 4.79 Å². The fourth-order valence-corrected chi connectivity index (χ4v) is 2.36. The summed E-state index contributed by atoms with van der Waals surface area (Å²) in [6.45, 7) is 3.09. The Morgan fingerprint density at radius 2 is 2.35 bits per heavy atom. The number of aromatic nitrogens is 2. The van der Waals surface area contributed by atoms with E-state index in [1.165, 1.54) is 0 Å². The minimum absolute atomic E-state index is 0.0998. The first-order chi connectivity index (χ1) is 8.06. The number of piperidine rings is 1. The predicted octanol–water partition coefficient (Wildman–Crippen LogP) is 1.44. The van der Waals surface area contributed by atoms with Crippen LogP contribution in [0.25, 0.3) is 0 Å². The fraction of sp³-hybridized carbons (Fsp3) is 0.545. The maximum absolute atomic E-state index is 11.4. The van der Waals surface area contributed by atoms with Gasteiger partial charge in [-0.25, -0.2) is 9.97 Å². The molecule has 1 saturated heterocycles. The van der Waals surface area contributed by atoms with Gasteiger partial charge in [-0.1, -0.05) is 0 Å². The lowest BCUT2D eigenvalue weighted by atomic mass is 9.94. The number of hydrogen-bond donors (Lipinski definition) is 1. The third-order valence-corrected chi connectivity index (χ3v) is 3.19. The maximum Gasteiger partial charge on any atom is 0.224 e. The summed E-state index contributed by atoms with van der Waals surface area (Å²) in [6, 6.07) is 1.74. The minimum atomic E-state index is 0.0998. The molecule has 5 nitrogen and oxygen atoms in total. The SMILES string of the molecule is CC(=O)N1CCCC(c2cc(N)nc(Cl)n2)C1. The quantitative estimate of drug-likeness (QED) is 0.770. The summed E-state index contributed by atoms with van der Waals surface area (Å²) in [4.78, 5) is 21.2. The molecule has 92 valence electrons. The molecule has 0 aliphatic carbocycles. The van der Waals surface area contributed by atoms with Gasteiger partial charge in [0, 0.05) is 32.0 Å². The molecule has 17 heavy (non-hydrogen) atoms. The van der Waals surface area contributed by atoms with Crippen molar-refractivity contribution in [3.63, 3.8) is 0 Å². The van der Waals surface area contributed by atoms with Crippen molar-refractivity contribution < 1.29 is 4.79 Å². The first-order valence-corrected chi connectivity index (χ1v) is 5.99. The van der Waals surface area contributed by atoms with Gasteiger partial charge in [0.25, 0.3) is 0 Å². The highest BCUT2D eigenvalue weighted by molar-refractivity contribution is 6.28. The third kappa shape index (κ3) is 2.85. The molecule has 2 N–H and O–H groups in total. The molecule has 1 aromatic rings. The van der Waals surface area contributed by atoms with Crippen molar-refractivity contribution in [1.82, 2.24) is 14.9 Å². The zero-order valence-corrected chi connectivity index (χ0v) is 10.4. The third-order valence-electron chi connectivity index (χ3n) is 3.02. The van der Waals surface area contributed by atoms with Gasteiger partial charge in [-0.05, 0) is 24.4 Å². The van der Waals surface area contributed by atoms with Crippen LogP contribution < -0.4 is 5.73 Å². The molecule has 0 saturated carbocycles. The maximum atomic E-state index is 11.4. The molecule has 1 unspecified atom stereocenters. The number of halogens is 1. The largest absolute Gasteiger partial charge is 0.384 e. The van der Waals surface area contributed by atoms with Gasteiger partial charge in [0.15, 0.2) is 0 Å². The molecule has 0 spiro atoms. The van der Waals surface area contributed by atoms with Crippen molar-refractivity contribution in [2.24, 2.45) is 0 Å². The van der Waals surface area contributed by atoms with Crippen LogP contribution in [0.4, 0.5) is 5.82 Å². The summed E-state index contributed by atoms with van der Waals surface area (Å²) in [5.74, 6) is 0.679. The second-order valence-corrected chi connectivity index (χ2v) is 4.63. The summed E-state index contributed by atoms with van der Waals surface area (Å²) in [5.41, 5.74) is 6.47. The molecule has 2 heterocycles. The number of anilines is 1. The van der Waals surface area contributed by atoms with Gasteiger partial charge in [-0.2, -0.15) is 0 Å². The van der Waals surface area contributed by atoms with E-state index in [0.717, 1.165) is 25.1 Å². The lowest BCUT2D eigenvalue weighted by Crippen LogP contribution is -2.37. The van der Waals surface area contributed by atoms with E-state index in [-0.39, 0.29) is 17.1 Å². The van der Waals surface area contributed by atoms with Crippen molar-refractivity contribution in [1.29, 1.82) is 0 Å². The average molecular weight is 255 g/mol. The summed E-state index contributed by atoms with van der Waals surface area (Å²) < 4.78 is 0. The highest BCUT2D eigenvalue weighted by atomic mass is 35.5. The summed E-state index contributed by atoms with van der Waals surface area (Å²) in [7, 11) is 0. The molecule has 6 heteroatoms. The van der Waals surface area contributed by atoms with E-state index in [1.54, 1.807) is 13.0 Å². The zero-order valence-electron chi connectivity index (χ0n) is 9.69. The normalized spacial score (nSPS) is 20.4. The molecular formula is C11H15ClN4O. The first kappa shape index (κ1) is 12.1. The summed E-state index contributed by atoms with van der Waals surface area (Å²) in [6.07, 6.45) is 1.97. The number of nitrogens with zero attached hydrogens (tertiary/aromatic N) is 3. The lowest BCUT2D eigenvalue weighted by molar-refractivity contribution is -0.130. The molecule has 1 aromatic heterocycles. The number of nitrogens with two attached hydrogens (primary N) is 1. The first-order valence-electron chi connectivity index (χ1n) is 5.61. The monoisotopic (exact) mass is 254 g/mol. The Hall–Kier alpha value is -1.36. The molecule has 2 rings (SSSR count). The molecule has 1 amide bonds. The van der Waals surface area contributed by atoms with Crippen molar-refractivity contribution in [3.05, 3.63) is 17.0 Å². The molecule has 0 radical (unpaired) electrons. The van der Waals surface area contributed by atoms with E-state index in [0.29, 0.717) is 12.4 Å². The van der Waals surface area contributed by atoms with Gasteiger partial charge >= 0.3 is 0 Å². The van der Waals surface area contributed by atoms with Crippen molar-refractivity contribution in [2.75, 3.05) is 18.8 Å². The van der Waals surface area contributed by atoms with Crippen LogP contribution >= 0.6 is 11.6 Å². The van der Waals surface area contributed by atoms with E-state index >= 15 is 0 Å².